The molecular formula is C27H29N3O4S. The van der Waals surface area contributed by atoms with Crippen molar-refractivity contribution in [1.82, 2.24) is 0 Å². The zero-order chi connectivity index (χ0) is 25.2. The topological polar surface area (TPSA) is 93.8 Å². The summed E-state index contributed by atoms with van der Waals surface area (Å²) in [5.41, 5.74) is 3.12. The second-order valence-corrected chi connectivity index (χ2v) is 10.9. The van der Waals surface area contributed by atoms with E-state index >= 15 is 0 Å². The first-order chi connectivity index (χ1) is 16.7. The van der Waals surface area contributed by atoms with Gasteiger partial charge in [-0.2, -0.15) is 0 Å². The number of thiophene rings is 1. The summed E-state index contributed by atoms with van der Waals surface area (Å²) in [6.07, 6.45) is 4.35. The minimum atomic E-state index is -0.429. The van der Waals surface area contributed by atoms with Crippen molar-refractivity contribution in [3.05, 3.63) is 80.2 Å². The smallest absolute Gasteiger partial charge is 0.270 e. The molecule has 0 unspecified atom stereocenters. The van der Waals surface area contributed by atoms with Crippen molar-refractivity contribution in [2.24, 2.45) is 16.3 Å². The van der Waals surface area contributed by atoms with E-state index in [0.29, 0.717) is 33.5 Å². The lowest BCUT2D eigenvalue weighted by Crippen LogP contribution is -2.27. The second kappa shape index (κ2) is 10.00. The van der Waals surface area contributed by atoms with Gasteiger partial charge in [-0.05, 0) is 66.0 Å². The first-order valence-corrected chi connectivity index (χ1v) is 12.4. The molecule has 1 N–H and O–H groups in total. The summed E-state index contributed by atoms with van der Waals surface area (Å²) in [7, 11) is 1.60. The predicted octanol–water partition coefficient (Wildman–Crippen LogP) is 6.82. The van der Waals surface area contributed by atoms with E-state index in [0.717, 1.165) is 24.8 Å². The molecule has 4 rings (SSSR count). The predicted molar refractivity (Wildman–Crippen MR) is 141 cm³/mol. The summed E-state index contributed by atoms with van der Waals surface area (Å²) in [6.45, 7) is 6.78. The van der Waals surface area contributed by atoms with Crippen LogP contribution in [0.3, 0.4) is 0 Å². The molecule has 0 fully saturated rings. The van der Waals surface area contributed by atoms with Crippen molar-refractivity contribution in [3.63, 3.8) is 0 Å². The van der Waals surface area contributed by atoms with Gasteiger partial charge < -0.3 is 10.1 Å². The molecule has 1 atom stereocenters. The van der Waals surface area contributed by atoms with Crippen LogP contribution in [-0.4, -0.2) is 24.2 Å². The number of nitro groups is 1. The van der Waals surface area contributed by atoms with Gasteiger partial charge in [-0.25, -0.2) is 4.99 Å². The number of nitrogens with one attached hydrogen (secondary N) is 1. The van der Waals surface area contributed by atoms with Crippen molar-refractivity contribution in [2.75, 3.05) is 12.4 Å². The van der Waals surface area contributed by atoms with E-state index in [1.165, 1.54) is 17.0 Å². The summed E-state index contributed by atoms with van der Waals surface area (Å²) in [6, 6.07) is 13.5. The third-order valence-electron chi connectivity index (χ3n) is 6.46. The van der Waals surface area contributed by atoms with E-state index in [-0.39, 0.29) is 17.0 Å². The lowest BCUT2D eigenvalue weighted by atomic mass is 9.72. The summed E-state index contributed by atoms with van der Waals surface area (Å²) in [5, 5.41) is 14.8. The number of fused-ring (bicyclic) bond motifs is 1. The number of non-ortho nitro benzene ring substituents is 1. The number of aliphatic imine (C=N–C) groups is 1. The number of amides is 1. The number of carbonyl (C=O) groups excluding carboxylic acids is 1. The minimum absolute atomic E-state index is 0.00455. The summed E-state index contributed by atoms with van der Waals surface area (Å²) in [5.74, 6) is 1.04. The fourth-order valence-electron chi connectivity index (χ4n) is 4.36. The van der Waals surface area contributed by atoms with Gasteiger partial charge in [-0.3, -0.25) is 14.9 Å². The normalized spacial score (nSPS) is 15.6. The molecule has 1 aromatic heterocycles. The van der Waals surface area contributed by atoms with Gasteiger partial charge in [0.15, 0.2) is 0 Å². The number of methoxy groups -OCH3 is 1. The quantitative estimate of drug-likeness (QED) is 0.233. The molecule has 0 saturated heterocycles. The molecule has 8 heteroatoms. The van der Waals surface area contributed by atoms with Crippen LogP contribution in [0.4, 0.5) is 16.4 Å². The zero-order valence-corrected chi connectivity index (χ0v) is 21.1. The van der Waals surface area contributed by atoms with E-state index in [1.807, 2.05) is 0 Å². The molecule has 1 aliphatic carbocycles. The van der Waals surface area contributed by atoms with Gasteiger partial charge in [-0.1, -0.05) is 32.9 Å². The number of nitrogens with zero attached hydrogens (tertiary/aromatic N) is 2. The average molecular weight is 492 g/mol. The maximum atomic E-state index is 13.5. The van der Waals surface area contributed by atoms with Gasteiger partial charge in [0.25, 0.3) is 11.6 Å². The van der Waals surface area contributed by atoms with E-state index in [4.69, 9.17) is 4.74 Å². The zero-order valence-electron chi connectivity index (χ0n) is 20.3. The Morgan fingerprint density at radius 2 is 1.97 bits per heavy atom. The fraction of sp³-hybridized carbons (Fsp3) is 0.333. The molecule has 0 spiro atoms. The number of rotatable bonds is 6. The van der Waals surface area contributed by atoms with Crippen LogP contribution in [0.25, 0.3) is 0 Å². The Labute approximate surface area is 209 Å². The molecule has 2 aromatic carbocycles. The van der Waals surface area contributed by atoms with Crippen LogP contribution in [0.15, 0.2) is 53.5 Å². The van der Waals surface area contributed by atoms with Gasteiger partial charge in [0.1, 0.15) is 10.8 Å². The molecule has 1 heterocycles. The Hall–Kier alpha value is -3.52. The summed E-state index contributed by atoms with van der Waals surface area (Å²) < 4.78 is 5.20. The minimum Gasteiger partial charge on any atom is -0.497 e. The molecule has 182 valence electrons. The molecular weight excluding hydrogens is 462 g/mol. The van der Waals surface area contributed by atoms with Crippen LogP contribution >= 0.6 is 11.3 Å². The van der Waals surface area contributed by atoms with Gasteiger partial charge in [0.05, 0.1) is 17.6 Å². The lowest BCUT2D eigenvalue weighted by molar-refractivity contribution is -0.384. The van der Waals surface area contributed by atoms with Crippen LogP contribution < -0.4 is 10.1 Å². The number of hydrogen-bond donors (Lipinski definition) is 1. The monoisotopic (exact) mass is 491 g/mol. The Kier molecular flexibility index (Phi) is 7.03. The van der Waals surface area contributed by atoms with Gasteiger partial charge in [-0.15, -0.1) is 11.3 Å². The highest BCUT2D eigenvalue weighted by molar-refractivity contribution is 7.16. The van der Waals surface area contributed by atoms with Crippen molar-refractivity contribution in [3.8, 4) is 5.75 Å². The molecule has 0 saturated carbocycles. The number of benzene rings is 2. The highest BCUT2D eigenvalue weighted by Gasteiger charge is 2.33. The number of carbonyl (C=O) groups is 1. The van der Waals surface area contributed by atoms with E-state index in [2.05, 4.69) is 31.1 Å². The van der Waals surface area contributed by atoms with Crippen LogP contribution in [0.1, 0.15) is 53.6 Å². The van der Waals surface area contributed by atoms with Crippen molar-refractivity contribution in [2.45, 2.75) is 40.0 Å². The molecule has 0 bridgehead atoms. The summed E-state index contributed by atoms with van der Waals surface area (Å²) >= 11 is 1.54. The molecule has 35 heavy (non-hydrogen) atoms. The van der Waals surface area contributed by atoms with Gasteiger partial charge in [0, 0.05) is 28.9 Å². The average Bonchev–Trinajstić information content (AvgIpc) is 3.20. The number of anilines is 1. The van der Waals surface area contributed by atoms with Crippen LogP contribution in [-0.2, 0) is 12.8 Å². The lowest BCUT2D eigenvalue weighted by Gasteiger charge is -2.33. The molecule has 0 radical (unpaired) electrons. The number of hydrogen-bond acceptors (Lipinski definition) is 6. The van der Waals surface area contributed by atoms with Gasteiger partial charge >= 0.3 is 0 Å². The molecule has 1 aliphatic rings. The highest BCUT2D eigenvalue weighted by Crippen LogP contribution is 2.45. The first kappa shape index (κ1) is 24.6. The summed E-state index contributed by atoms with van der Waals surface area (Å²) in [4.78, 5) is 30.0. The highest BCUT2D eigenvalue weighted by atomic mass is 32.1. The maximum Gasteiger partial charge on any atom is 0.270 e. The van der Waals surface area contributed by atoms with Crippen molar-refractivity contribution in [1.29, 1.82) is 0 Å². The second-order valence-electron chi connectivity index (χ2n) is 9.78. The Bertz CT molecular complexity index is 1270. The number of ether oxygens (including phenoxy) is 1. The van der Waals surface area contributed by atoms with Crippen LogP contribution in [0, 0.1) is 21.4 Å². The first-order valence-electron chi connectivity index (χ1n) is 11.5. The van der Waals surface area contributed by atoms with Crippen molar-refractivity contribution >= 4 is 39.8 Å². The third-order valence-corrected chi connectivity index (χ3v) is 7.62. The van der Waals surface area contributed by atoms with Gasteiger partial charge in [0.2, 0.25) is 0 Å². The Morgan fingerprint density at radius 3 is 2.63 bits per heavy atom. The molecule has 3 aromatic rings. The number of nitro benzene ring substituents is 1. The van der Waals surface area contributed by atoms with Crippen molar-refractivity contribution < 1.29 is 14.5 Å². The Balaban J connectivity index is 1.69. The van der Waals surface area contributed by atoms with E-state index in [9.17, 15) is 14.9 Å². The fourth-order valence-corrected chi connectivity index (χ4v) is 5.62. The largest absolute Gasteiger partial charge is 0.497 e. The SMILES string of the molecule is COc1ccc(NC(=O)c2c(N=Cc3cccc([N+](=O)[O-])c3)sc3c2CC[C@@H](C(C)(C)C)C3)cc1. The standard InChI is InChI=1S/C27H29N3O4S/c1-27(2,3)18-8-13-22-23(15-18)35-26(28-16-17-6-5-7-20(14-17)30(32)33)24(22)25(31)29-19-9-11-21(34-4)12-10-19/h5-7,9-12,14,16,18H,8,13,15H2,1-4H3,(H,29,31)/t18-/m1/s1. The van der Waals surface area contributed by atoms with Crippen LogP contribution in [0.2, 0.25) is 0 Å². The third kappa shape index (κ3) is 5.59. The molecule has 1 amide bonds. The molecule has 7 nitrogen and oxygen atoms in total. The molecule has 0 aliphatic heterocycles. The van der Waals surface area contributed by atoms with E-state index in [1.54, 1.807) is 61.1 Å². The maximum absolute atomic E-state index is 13.5. The van der Waals surface area contributed by atoms with E-state index < -0.39 is 4.92 Å². The van der Waals surface area contributed by atoms with Crippen LogP contribution in [0.5, 0.6) is 5.75 Å². The Morgan fingerprint density at radius 1 is 1.23 bits per heavy atom.